The molecule has 4 heterocycles. The zero-order valence-electron chi connectivity index (χ0n) is 16.6. The van der Waals surface area contributed by atoms with Crippen LogP contribution in [0.2, 0.25) is 0 Å². The molecule has 9 heteroatoms. The summed E-state index contributed by atoms with van der Waals surface area (Å²) >= 11 is 1.51. The zero-order valence-corrected chi connectivity index (χ0v) is 17.5. The molecule has 1 unspecified atom stereocenters. The predicted octanol–water partition coefficient (Wildman–Crippen LogP) is 3.28. The Morgan fingerprint density at radius 2 is 1.83 bits per heavy atom. The Hall–Kier alpha value is -3.07. The third-order valence-corrected chi connectivity index (χ3v) is 7.10. The van der Waals surface area contributed by atoms with Crippen molar-refractivity contribution in [1.82, 2.24) is 28.9 Å². The van der Waals surface area contributed by atoms with Gasteiger partial charge in [-0.05, 0) is 31.6 Å². The van der Waals surface area contributed by atoms with E-state index in [1.807, 2.05) is 35.8 Å². The van der Waals surface area contributed by atoms with Gasteiger partial charge in [0, 0.05) is 36.2 Å². The highest BCUT2D eigenvalue weighted by Gasteiger charge is 2.43. The Labute approximate surface area is 178 Å². The molecule has 1 aromatic carbocycles. The molecule has 3 atom stereocenters. The maximum Gasteiger partial charge on any atom is 0.243 e. The topological polar surface area (TPSA) is 84.1 Å². The molecule has 3 aromatic heterocycles. The summed E-state index contributed by atoms with van der Waals surface area (Å²) in [5.74, 6) is 2.67. The first kappa shape index (κ1) is 17.8. The van der Waals surface area contributed by atoms with Crippen molar-refractivity contribution in [2.75, 3.05) is 23.3 Å². The molecule has 2 bridgehead atoms. The van der Waals surface area contributed by atoms with Gasteiger partial charge in [-0.15, -0.1) is 5.10 Å². The summed E-state index contributed by atoms with van der Waals surface area (Å²) < 4.78 is 6.23. The molecule has 152 valence electrons. The van der Waals surface area contributed by atoms with E-state index < -0.39 is 0 Å². The molecule has 2 aliphatic rings. The lowest BCUT2D eigenvalue weighted by atomic mass is 9.92. The SMILES string of the molecule is Cc1nsc(N2C[C@H]3CC[C@@H](C2)C3Nc2nc3cncc(-c4ccccc4)n3n2)n1. The maximum absolute atomic E-state index is 4.78. The van der Waals surface area contributed by atoms with Crippen molar-refractivity contribution < 1.29 is 0 Å². The largest absolute Gasteiger partial charge is 0.349 e. The fraction of sp³-hybridized carbons (Fsp3) is 0.381. The van der Waals surface area contributed by atoms with E-state index in [1.165, 1.54) is 24.4 Å². The van der Waals surface area contributed by atoms with Crippen molar-refractivity contribution in [3.63, 3.8) is 0 Å². The minimum atomic E-state index is 0.390. The molecule has 0 spiro atoms. The molecule has 4 aromatic rings. The normalized spacial score (nSPS) is 23.2. The number of benzene rings is 1. The van der Waals surface area contributed by atoms with E-state index in [1.54, 1.807) is 6.20 Å². The monoisotopic (exact) mass is 418 g/mol. The van der Waals surface area contributed by atoms with Crippen molar-refractivity contribution in [3.8, 4) is 11.3 Å². The summed E-state index contributed by atoms with van der Waals surface area (Å²) in [6.07, 6.45) is 6.05. The van der Waals surface area contributed by atoms with Gasteiger partial charge < -0.3 is 10.2 Å². The maximum atomic E-state index is 4.78. The van der Waals surface area contributed by atoms with Gasteiger partial charge in [0.2, 0.25) is 11.1 Å². The molecule has 1 aliphatic heterocycles. The van der Waals surface area contributed by atoms with E-state index in [2.05, 4.69) is 36.7 Å². The summed E-state index contributed by atoms with van der Waals surface area (Å²) in [7, 11) is 0. The minimum Gasteiger partial charge on any atom is -0.349 e. The molecule has 30 heavy (non-hydrogen) atoms. The Morgan fingerprint density at radius 3 is 2.57 bits per heavy atom. The van der Waals surface area contributed by atoms with Crippen molar-refractivity contribution in [2.45, 2.75) is 25.8 Å². The minimum absolute atomic E-state index is 0.390. The van der Waals surface area contributed by atoms with Gasteiger partial charge in [0.05, 0.1) is 18.1 Å². The molecule has 1 saturated heterocycles. The molecule has 0 radical (unpaired) electrons. The molecule has 6 rings (SSSR count). The van der Waals surface area contributed by atoms with Gasteiger partial charge >= 0.3 is 0 Å². The molecule has 1 saturated carbocycles. The first-order chi connectivity index (χ1) is 14.7. The number of aryl methyl sites for hydroxylation is 1. The van der Waals surface area contributed by atoms with Crippen LogP contribution in [0.5, 0.6) is 0 Å². The van der Waals surface area contributed by atoms with E-state index in [-0.39, 0.29) is 0 Å². The van der Waals surface area contributed by atoms with Crippen molar-refractivity contribution in [1.29, 1.82) is 0 Å². The zero-order chi connectivity index (χ0) is 20.1. The van der Waals surface area contributed by atoms with Gasteiger partial charge in [0.25, 0.3) is 0 Å². The highest BCUT2D eigenvalue weighted by atomic mass is 32.1. The third kappa shape index (κ3) is 3.00. The quantitative estimate of drug-likeness (QED) is 0.544. The average molecular weight is 419 g/mol. The van der Waals surface area contributed by atoms with Gasteiger partial charge in [0.1, 0.15) is 5.82 Å². The van der Waals surface area contributed by atoms with Gasteiger partial charge in [-0.25, -0.2) is 9.50 Å². The lowest BCUT2D eigenvalue weighted by Crippen LogP contribution is -2.48. The number of piperidine rings is 1. The van der Waals surface area contributed by atoms with Crippen LogP contribution in [0.4, 0.5) is 11.1 Å². The standard InChI is InChI=1S/C21H22N8S/c1-13-23-21(30-27-13)28-11-15-7-8-16(12-28)19(15)25-20-24-18-10-22-9-17(29(18)26-20)14-5-3-2-4-6-14/h2-6,9-10,15-16,19H,7-8,11-12H2,1H3,(H,25,26)/t15-,16+,19?. The third-order valence-electron chi connectivity index (χ3n) is 6.23. The Balaban J connectivity index is 1.25. The van der Waals surface area contributed by atoms with E-state index in [4.69, 9.17) is 10.1 Å². The molecule has 1 aliphatic carbocycles. The number of fused-ring (bicyclic) bond motifs is 3. The second kappa shape index (κ2) is 7.02. The van der Waals surface area contributed by atoms with Crippen LogP contribution in [-0.2, 0) is 0 Å². The first-order valence-electron chi connectivity index (χ1n) is 10.3. The van der Waals surface area contributed by atoms with Gasteiger partial charge in [0.15, 0.2) is 5.65 Å². The van der Waals surface area contributed by atoms with E-state index in [0.29, 0.717) is 23.8 Å². The van der Waals surface area contributed by atoms with Crippen LogP contribution in [-0.4, -0.2) is 48.1 Å². The highest BCUT2D eigenvalue weighted by molar-refractivity contribution is 7.09. The predicted molar refractivity (Wildman–Crippen MR) is 117 cm³/mol. The average Bonchev–Trinajstić information content (AvgIpc) is 3.44. The van der Waals surface area contributed by atoms with Crippen LogP contribution in [0, 0.1) is 18.8 Å². The number of nitrogens with one attached hydrogen (secondary N) is 1. The molecule has 8 nitrogen and oxygen atoms in total. The van der Waals surface area contributed by atoms with E-state index in [9.17, 15) is 0 Å². The number of hydrogen-bond donors (Lipinski definition) is 1. The molecule has 1 N–H and O–H groups in total. The first-order valence-corrected chi connectivity index (χ1v) is 11.1. The number of rotatable bonds is 4. The van der Waals surface area contributed by atoms with Crippen LogP contribution in [0.25, 0.3) is 16.9 Å². The molecular formula is C21H22N8S. The smallest absolute Gasteiger partial charge is 0.243 e. The molecular weight excluding hydrogens is 396 g/mol. The second-order valence-electron chi connectivity index (χ2n) is 8.16. The van der Waals surface area contributed by atoms with Gasteiger partial charge in [-0.1, -0.05) is 30.3 Å². The molecule has 2 fully saturated rings. The number of nitrogens with zero attached hydrogens (tertiary/aromatic N) is 7. The van der Waals surface area contributed by atoms with Crippen LogP contribution in [0.1, 0.15) is 18.7 Å². The number of aromatic nitrogens is 6. The van der Waals surface area contributed by atoms with Crippen LogP contribution < -0.4 is 10.2 Å². The van der Waals surface area contributed by atoms with Crippen molar-refractivity contribution in [2.24, 2.45) is 11.8 Å². The Bertz CT molecular complexity index is 1170. The Kier molecular flexibility index (Phi) is 4.15. The van der Waals surface area contributed by atoms with Crippen molar-refractivity contribution >= 4 is 28.3 Å². The van der Waals surface area contributed by atoms with Crippen LogP contribution in [0.3, 0.4) is 0 Å². The fourth-order valence-corrected chi connectivity index (χ4v) is 5.55. The lowest BCUT2D eigenvalue weighted by molar-refractivity contribution is 0.376. The number of hydrogen-bond acceptors (Lipinski definition) is 8. The van der Waals surface area contributed by atoms with Gasteiger partial charge in [-0.3, -0.25) is 4.98 Å². The van der Waals surface area contributed by atoms with E-state index >= 15 is 0 Å². The summed E-state index contributed by atoms with van der Waals surface area (Å²) in [4.78, 5) is 16.1. The fourth-order valence-electron chi connectivity index (χ4n) is 4.86. The summed E-state index contributed by atoms with van der Waals surface area (Å²) in [5, 5.41) is 9.49. The summed E-state index contributed by atoms with van der Waals surface area (Å²) in [6.45, 7) is 3.97. The van der Waals surface area contributed by atoms with Crippen LogP contribution >= 0.6 is 11.5 Å². The highest BCUT2D eigenvalue weighted by Crippen LogP contribution is 2.40. The van der Waals surface area contributed by atoms with E-state index in [0.717, 1.165) is 41.0 Å². The summed E-state index contributed by atoms with van der Waals surface area (Å²) in [5.41, 5.74) is 2.78. The summed E-state index contributed by atoms with van der Waals surface area (Å²) in [6, 6.07) is 10.6. The Morgan fingerprint density at radius 1 is 1.03 bits per heavy atom. The molecule has 0 amide bonds. The van der Waals surface area contributed by atoms with Crippen molar-refractivity contribution in [3.05, 3.63) is 48.5 Å². The second-order valence-corrected chi connectivity index (χ2v) is 8.89. The van der Waals surface area contributed by atoms with Gasteiger partial charge in [-0.2, -0.15) is 9.36 Å². The van der Waals surface area contributed by atoms with Crippen LogP contribution in [0.15, 0.2) is 42.7 Å². The number of anilines is 2. The lowest BCUT2D eigenvalue weighted by Gasteiger charge is -2.37.